The fourth-order valence-electron chi connectivity index (χ4n) is 2.14. The maximum atomic E-state index is 11.1. The maximum Gasteiger partial charge on any atom is 0.337 e. The first-order valence-electron chi connectivity index (χ1n) is 7.93. The third-order valence-corrected chi connectivity index (χ3v) is 3.39. The van der Waals surface area contributed by atoms with E-state index in [2.05, 4.69) is 14.3 Å². The molecule has 2 aromatic rings. The average Bonchev–Trinajstić information content (AvgIpc) is 2.68. The summed E-state index contributed by atoms with van der Waals surface area (Å²) in [6.45, 7) is 7.56. The van der Waals surface area contributed by atoms with Crippen molar-refractivity contribution in [1.29, 1.82) is 0 Å². The zero-order chi connectivity index (χ0) is 19.4. The second kappa shape index (κ2) is 11.4. The van der Waals surface area contributed by atoms with Crippen molar-refractivity contribution in [3.8, 4) is 0 Å². The molecular formula is C20H24N2O4. The van der Waals surface area contributed by atoms with Gasteiger partial charge >= 0.3 is 11.9 Å². The van der Waals surface area contributed by atoms with Crippen LogP contribution in [0.25, 0.3) is 4.85 Å². The Morgan fingerprint density at radius 3 is 1.96 bits per heavy atom. The average molecular weight is 356 g/mol. The topological polar surface area (TPSA) is 83.0 Å². The molecular weight excluding hydrogens is 332 g/mol. The van der Waals surface area contributed by atoms with Crippen LogP contribution in [0.2, 0.25) is 0 Å². The number of carbonyl (C=O) groups excluding carboxylic acids is 2. The predicted octanol–water partition coefficient (Wildman–Crippen LogP) is 3.11. The molecule has 0 amide bonds. The van der Waals surface area contributed by atoms with Crippen LogP contribution < -0.4 is 5.73 Å². The van der Waals surface area contributed by atoms with Gasteiger partial charge < -0.3 is 20.1 Å². The molecule has 0 radical (unpaired) electrons. The summed E-state index contributed by atoms with van der Waals surface area (Å²) in [5.74, 6) is -0.675. The van der Waals surface area contributed by atoms with E-state index in [0.29, 0.717) is 24.2 Å². The Labute approximate surface area is 154 Å². The van der Waals surface area contributed by atoms with E-state index in [1.54, 1.807) is 30.3 Å². The summed E-state index contributed by atoms with van der Waals surface area (Å²) in [5.41, 5.74) is 8.36. The van der Waals surface area contributed by atoms with E-state index in [1.807, 2.05) is 18.2 Å². The first-order valence-corrected chi connectivity index (χ1v) is 7.93. The van der Waals surface area contributed by atoms with Gasteiger partial charge in [0.25, 0.3) is 0 Å². The van der Waals surface area contributed by atoms with Crippen molar-refractivity contribution in [3.05, 3.63) is 82.2 Å². The predicted molar refractivity (Wildman–Crippen MR) is 101 cm³/mol. The molecule has 0 fully saturated rings. The van der Waals surface area contributed by atoms with Gasteiger partial charge in [-0.25, -0.2) is 16.2 Å². The third-order valence-electron chi connectivity index (χ3n) is 3.39. The van der Waals surface area contributed by atoms with Gasteiger partial charge in [-0.2, -0.15) is 0 Å². The van der Waals surface area contributed by atoms with Gasteiger partial charge in [-0.05, 0) is 42.8 Å². The molecule has 2 aromatic carbocycles. The fourth-order valence-corrected chi connectivity index (χ4v) is 2.14. The van der Waals surface area contributed by atoms with Crippen LogP contribution in [0.1, 0.15) is 33.3 Å². The smallest absolute Gasteiger partial charge is 0.337 e. The molecule has 6 heteroatoms. The first kappa shape index (κ1) is 20.9. The summed E-state index contributed by atoms with van der Waals surface area (Å²) in [5, 5.41) is 0. The molecule has 26 heavy (non-hydrogen) atoms. The number of nitrogens with zero attached hydrogens (tertiary/aromatic N) is 1. The lowest BCUT2D eigenvalue weighted by Crippen LogP contribution is -2.05. The van der Waals surface area contributed by atoms with Crippen LogP contribution in [0, 0.1) is 6.57 Å². The standard InChI is InChI=1S/C10H9NO2.C10H13NO2.H2/c1-11-7-8-4-3-5-9(6-8)10(12)13-2;1-13-10(12)9-4-2-3-8(7-9)5-6-11;/h3-6H,7H2,2H3;2-4,7H,5-6,11H2,1H3;1H. The SMILES string of the molecule is COC(=O)c1cccc(CCN)c1.[C-]#[N+]Cc1cccc(C(=O)OC)c1.[HH]. The first-order chi connectivity index (χ1) is 12.5. The molecule has 0 saturated heterocycles. The number of nitrogens with two attached hydrogens (primary N) is 1. The minimum Gasteiger partial charge on any atom is -0.465 e. The Hall–Kier alpha value is -3.17. The molecule has 0 aliphatic carbocycles. The minimum atomic E-state index is -0.369. The number of hydrogen-bond acceptors (Lipinski definition) is 5. The van der Waals surface area contributed by atoms with E-state index in [1.165, 1.54) is 14.2 Å². The molecule has 0 heterocycles. The van der Waals surface area contributed by atoms with Gasteiger partial charge in [0.15, 0.2) is 0 Å². The number of rotatable bonds is 5. The van der Waals surface area contributed by atoms with Crippen molar-refractivity contribution in [2.45, 2.75) is 13.0 Å². The Kier molecular flexibility index (Phi) is 9.15. The van der Waals surface area contributed by atoms with E-state index in [0.717, 1.165) is 17.5 Å². The summed E-state index contributed by atoms with van der Waals surface area (Å²) >= 11 is 0. The molecule has 0 aliphatic heterocycles. The lowest BCUT2D eigenvalue weighted by atomic mass is 10.1. The number of ether oxygens (including phenoxy) is 2. The molecule has 0 saturated carbocycles. The summed E-state index contributed by atoms with van der Waals surface area (Å²) in [6.07, 6.45) is 0.783. The summed E-state index contributed by atoms with van der Waals surface area (Å²) < 4.78 is 9.15. The van der Waals surface area contributed by atoms with Gasteiger partial charge in [-0.15, -0.1) is 0 Å². The van der Waals surface area contributed by atoms with Crippen LogP contribution in [0.3, 0.4) is 0 Å². The van der Waals surface area contributed by atoms with Crippen LogP contribution in [0.5, 0.6) is 0 Å². The lowest BCUT2D eigenvalue weighted by Gasteiger charge is -2.01. The fraction of sp³-hybridized carbons (Fsp3) is 0.250. The molecule has 6 nitrogen and oxygen atoms in total. The molecule has 2 rings (SSSR count). The van der Waals surface area contributed by atoms with E-state index in [9.17, 15) is 9.59 Å². The van der Waals surface area contributed by atoms with Crippen molar-refractivity contribution in [3.63, 3.8) is 0 Å². The molecule has 138 valence electrons. The molecule has 0 atom stereocenters. The molecule has 0 aromatic heterocycles. The van der Waals surface area contributed by atoms with Crippen LogP contribution >= 0.6 is 0 Å². The van der Waals surface area contributed by atoms with Gasteiger partial charge in [-0.3, -0.25) is 0 Å². The minimum absolute atomic E-state index is 0. The van der Waals surface area contributed by atoms with E-state index in [4.69, 9.17) is 12.3 Å². The second-order valence-corrected chi connectivity index (χ2v) is 5.24. The Balaban J connectivity index is 0.000000483. The summed E-state index contributed by atoms with van der Waals surface area (Å²) in [4.78, 5) is 25.4. The van der Waals surface area contributed by atoms with E-state index in [-0.39, 0.29) is 13.4 Å². The maximum absolute atomic E-state index is 11.1. The van der Waals surface area contributed by atoms with Gasteiger partial charge in [0.05, 0.1) is 25.3 Å². The molecule has 0 aliphatic rings. The summed E-state index contributed by atoms with van der Waals surface area (Å²) in [6, 6.07) is 14.2. The monoisotopic (exact) mass is 356 g/mol. The number of benzene rings is 2. The van der Waals surface area contributed by atoms with Crippen molar-refractivity contribution in [2.75, 3.05) is 20.8 Å². The lowest BCUT2D eigenvalue weighted by molar-refractivity contribution is 0.0591. The van der Waals surface area contributed by atoms with Gasteiger partial charge in [0, 0.05) is 6.99 Å². The van der Waals surface area contributed by atoms with Crippen molar-refractivity contribution in [2.24, 2.45) is 5.73 Å². The van der Waals surface area contributed by atoms with Crippen LogP contribution in [0.15, 0.2) is 48.5 Å². The highest BCUT2D eigenvalue weighted by Gasteiger charge is 2.06. The number of hydrogen-bond donors (Lipinski definition) is 1. The summed E-state index contributed by atoms with van der Waals surface area (Å²) in [7, 11) is 2.71. The van der Waals surface area contributed by atoms with Gasteiger partial charge in [0.2, 0.25) is 6.54 Å². The van der Waals surface area contributed by atoms with Gasteiger partial charge in [0.1, 0.15) is 0 Å². The largest absolute Gasteiger partial charge is 0.465 e. The molecule has 0 bridgehead atoms. The van der Waals surface area contributed by atoms with Crippen molar-refractivity contribution in [1.82, 2.24) is 0 Å². The Morgan fingerprint density at radius 1 is 1.00 bits per heavy atom. The highest BCUT2D eigenvalue weighted by molar-refractivity contribution is 5.89. The quantitative estimate of drug-likeness (QED) is 0.657. The van der Waals surface area contributed by atoms with Crippen molar-refractivity contribution < 1.29 is 20.5 Å². The van der Waals surface area contributed by atoms with Crippen molar-refractivity contribution >= 4 is 11.9 Å². The number of carbonyl (C=O) groups is 2. The number of methoxy groups -OCH3 is 2. The second-order valence-electron chi connectivity index (χ2n) is 5.24. The van der Waals surface area contributed by atoms with Crippen LogP contribution in [-0.4, -0.2) is 32.7 Å². The highest BCUT2D eigenvalue weighted by Crippen LogP contribution is 2.08. The molecule has 2 N–H and O–H groups in total. The highest BCUT2D eigenvalue weighted by atomic mass is 16.5. The number of esters is 2. The normalized spacial score (nSPS) is 9.31. The van der Waals surface area contributed by atoms with Crippen LogP contribution in [-0.2, 0) is 22.4 Å². The third kappa shape index (κ3) is 6.75. The Morgan fingerprint density at radius 2 is 1.50 bits per heavy atom. The Bertz CT molecular complexity index is 788. The zero-order valence-corrected chi connectivity index (χ0v) is 14.9. The van der Waals surface area contributed by atoms with E-state index < -0.39 is 0 Å². The molecule has 0 spiro atoms. The molecule has 0 unspecified atom stereocenters. The van der Waals surface area contributed by atoms with Gasteiger partial charge in [-0.1, -0.05) is 24.3 Å². The van der Waals surface area contributed by atoms with E-state index >= 15 is 0 Å². The zero-order valence-electron chi connectivity index (χ0n) is 14.9. The van der Waals surface area contributed by atoms with Crippen LogP contribution in [0.4, 0.5) is 0 Å².